The lowest BCUT2D eigenvalue weighted by molar-refractivity contribution is 0.0372. The molecule has 0 bridgehead atoms. The molecule has 1 aromatic rings. The van der Waals surface area contributed by atoms with Gasteiger partial charge in [-0.1, -0.05) is 25.4 Å². The van der Waals surface area contributed by atoms with Crippen LogP contribution in [0.5, 0.6) is 0 Å². The van der Waals surface area contributed by atoms with Gasteiger partial charge in [-0.3, -0.25) is 0 Å². The molecule has 2 nitrogen and oxygen atoms in total. The molecule has 2 unspecified atom stereocenters. The summed E-state index contributed by atoms with van der Waals surface area (Å²) in [6.07, 6.45) is 2.25. The number of halogens is 1. The summed E-state index contributed by atoms with van der Waals surface area (Å²) in [5.74, 6) is 0.725. The minimum Gasteiger partial charge on any atom is -0.371 e. The van der Waals surface area contributed by atoms with Gasteiger partial charge in [0.2, 0.25) is 0 Å². The van der Waals surface area contributed by atoms with Crippen molar-refractivity contribution in [1.29, 1.82) is 0 Å². The molecule has 1 rings (SSSR count). The van der Waals surface area contributed by atoms with Gasteiger partial charge < -0.3 is 10.5 Å². The molecule has 98 valence electrons. The molecule has 1 aromatic heterocycles. The lowest BCUT2D eigenvalue weighted by atomic mass is 10.1. The van der Waals surface area contributed by atoms with Crippen LogP contribution < -0.4 is 5.73 Å². The Hall–Kier alpha value is -0.0900. The lowest BCUT2D eigenvalue weighted by Gasteiger charge is -2.20. The molecule has 0 saturated heterocycles. The van der Waals surface area contributed by atoms with Gasteiger partial charge in [-0.25, -0.2) is 0 Å². The van der Waals surface area contributed by atoms with Crippen molar-refractivity contribution in [3.05, 3.63) is 21.3 Å². The van der Waals surface area contributed by atoms with E-state index in [1.165, 1.54) is 6.42 Å². The highest BCUT2D eigenvalue weighted by Crippen LogP contribution is 2.30. The Morgan fingerprint density at radius 2 is 2.06 bits per heavy atom. The van der Waals surface area contributed by atoms with Crippen molar-refractivity contribution >= 4 is 22.9 Å². The van der Waals surface area contributed by atoms with Gasteiger partial charge in [0.05, 0.1) is 4.34 Å². The molecule has 4 heteroatoms. The molecule has 0 spiro atoms. The highest BCUT2D eigenvalue weighted by molar-refractivity contribution is 7.16. The van der Waals surface area contributed by atoms with Crippen molar-refractivity contribution in [3.8, 4) is 0 Å². The first kappa shape index (κ1) is 15.0. The Morgan fingerprint density at radius 1 is 1.35 bits per heavy atom. The van der Waals surface area contributed by atoms with E-state index < -0.39 is 0 Å². The maximum atomic E-state index is 5.96. The van der Waals surface area contributed by atoms with Crippen molar-refractivity contribution in [2.45, 2.75) is 45.8 Å². The predicted molar refractivity (Wildman–Crippen MR) is 75.7 cm³/mol. The first-order chi connectivity index (χ1) is 8.00. The van der Waals surface area contributed by atoms with Crippen LogP contribution in [0.2, 0.25) is 4.34 Å². The second-order valence-corrected chi connectivity index (χ2v) is 6.58. The van der Waals surface area contributed by atoms with Crippen LogP contribution in [0, 0.1) is 5.92 Å². The van der Waals surface area contributed by atoms with Crippen LogP contribution in [0.1, 0.15) is 44.6 Å². The lowest BCUT2D eigenvalue weighted by Crippen LogP contribution is -2.26. The molecule has 0 aliphatic carbocycles. The molecule has 0 aliphatic heterocycles. The smallest absolute Gasteiger partial charge is 0.106 e. The second-order valence-electron chi connectivity index (χ2n) is 4.83. The molecular weight excluding hydrogens is 254 g/mol. The zero-order valence-electron chi connectivity index (χ0n) is 10.8. The SMILES string of the molecule is CC(C)CCCOC(c1ccc(Cl)s1)C(C)N. The molecule has 0 aromatic carbocycles. The van der Waals surface area contributed by atoms with Crippen molar-refractivity contribution < 1.29 is 4.74 Å². The summed E-state index contributed by atoms with van der Waals surface area (Å²) in [4.78, 5) is 1.12. The summed E-state index contributed by atoms with van der Waals surface area (Å²) in [6.45, 7) is 7.19. The molecule has 0 radical (unpaired) electrons. The van der Waals surface area contributed by atoms with Gasteiger partial charge in [0.15, 0.2) is 0 Å². The Bertz CT molecular complexity index is 325. The quantitative estimate of drug-likeness (QED) is 0.756. The minimum atomic E-state index is -0.0281. The monoisotopic (exact) mass is 275 g/mol. The highest BCUT2D eigenvalue weighted by atomic mass is 35.5. The number of thiophene rings is 1. The molecular formula is C13H22ClNOS. The maximum Gasteiger partial charge on any atom is 0.106 e. The molecule has 17 heavy (non-hydrogen) atoms. The van der Waals surface area contributed by atoms with Gasteiger partial charge >= 0.3 is 0 Å². The summed E-state index contributed by atoms with van der Waals surface area (Å²) in [5.41, 5.74) is 5.96. The van der Waals surface area contributed by atoms with E-state index in [1.54, 1.807) is 11.3 Å². The molecule has 1 heterocycles. The summed E-state index contributed by atoms with van der Waals surface area (Å²) in [5, 5.41) is 0. The zero-order chi connectivity index (χ0) is 12.8. The maximum absolute atomic E-state index is 5.96. The van der Waals surface area contributed by atoms with E-state index in [9.17, 15) is 0 Å². The van der Waals surface area contributed by atoms with Crippen LogP contribution in [0.3, 0.4) is 0 Å². The van der Waals surface area contributed by atoms with Crippen LogP contribution in [0.15, 0.2) is 12.1 Å². The Morgan fingerprint density at radius 3 is 2.53 bits per heavy atom. The number of nitrogens with two attached hydrogens (primary N) is 1. The molecule has 0 amide bonds. The Balaban J connectivity index is 2.44. The number of hydrogen-bond acceptors (Lipinski definition) is 3. The number of rotatable bonds is 7. The van der Waals surface area contributed by atoms with Crippen LogP contribution in [0.25, 0.3) is 0 Å². The third-order valence-corrected chi connectivity index (χ3v) is 3.87. The summed E-state index contributed by atoms with van der Waals surface area (Å²) >= 11 is 7.48. The first-order valence-electron chi connectivity index (χ1n) is 6.13. The van der Waals surface area contributed by atoms with Gasteiger partial charge in [-0.05, 0) is 37.8 Å². The molecule has 0 saturated carbocycles. The van der Waals surface area contributed by atoms with Crippen molar-refractivity contribution in [2.24, 2.45) is 11.7 Å². The normalized spacial score (nSPS) is 15.2. The topological polar surface area (TPSA) is 35.2 Å². The van der Waals surface area contributed by atoms with E-state index in [0.29, 0.717) is 0 Å². The Labute approximate surface area is 113 Å². The van der Waals surface area contributed by atoms with Crippen molar-refractivity contribution in [2.75, 3.05) is 6.61 Å². The number of ether oxygens (including phenoxy) is 1. The Kier molecular flexibility index (Phi) is 6.49. The highest BCUT2D eigenvalue weighted by Gasteiger charge is 2.18. The summed E-state index contributed by atoms with van der Waals surface area (Å²) < 4.78 is 6.67. The van der Waals surface area contributed by atoms with E-state index in [0.717, 1.165) is 28.2 Å². The van der Waals surface area contributed by atoms with Gasteiger partial charge in [0, 0.05) is 17.5 Å². The van der Waals surface area contributed by atoms with Gasteiger partial charge in [0.1, 0.15) is 6.10 Å². The zero-order valence-corrected chi connectivity index (χ0v) is 12.4. The summed E-state index contributed by atoms with van der Waals surface area (Å²) in [7, 11) is 0. The van der Waals surface area contributed by atoms with E-state index in [1.807, 2.05) is 19.1 Å². The van der Waals surface area contributed by atoms with Gasteiger partial charge in [-0.2, -0.15) is 0 Å². The largest absolute Gasteiger partial charge is 0.371 e. The van der Waals surface area contributed by atoms with E-state index in [-0.39, 0.29) is 12.1 Å². The first-order valence-corrected chi connectivity index (χ1v) is 7.32. The minimum absolute atomic E-state index is 0.0104. The average Bonchev–Trinajstić information content (AvgIpc) is 2.63. The molecule has 0 aliphatic rings. The second kappa shape index (κ2) is 7.37. The number of hydrogen-bond donors (Lipinski definition) is 1. The van der Waals surface area contributed by atoms with Crippen LogP contribution in [-0.4, -0.2) is 12.6 Å². The molecule has 2 N–H and O–H groups in total. The average molecular weight is 276 g/mol. The van der Waals surface area contributed by atoms with E-state index in [4.69, 9.17) is 22.1 Å². The molecule has 2 atom stereocenters. The van der Waals surface area contributed by atoms with E-state index in [2.05, 4.69) is 13.8 Å². The standard InChI is InChI=1S/C13H22ClNOS/c1-9(2)5-4-8-16-13(10(3)15)11-6-7-12(14)17-11/h6-7,9-10,13H,4-5,8,15H2,1-3H3. The van der Waals surface area contributed by atoms with Crippen LogP contribution in [-0.2, 0) is 4.74 Å². The third-order valence-electron chi connectivity index (χ3n) is 2.58. The fourth-order valence-corrected chi connectivity index (χ4v) is 2.90. The van der Waals surface area contributed by atoms with E-state index >= 15 is 0 Å². The summed E-state index contributed by atoms with van der Waals surface area (Å²) in [6, 6.07) is 3.89. The fourth-order valence-electron chi connectivity index (χ4n) is 1.68. The van der Waals surface area contributed by atoms with Crippen LogP contribution in [0.4, 0.5) is 0 Å². The third kappa shape index (κ3) is 5.38. The fraction of sp³-hybridized carbons (Fsp3) is 0.692. The van der Waals surface area contributed by atoms with Crippen LogP contribution >= 0.6 is 22.9 Å². The van der Waals surface area contributed by atoms with Gasteiger partial charge in [0.25, 0.3) is 0 Å². The van der Waals surface area contributed by atoms with Crippen molar-refractivity contribution in [3.63, 3.8) is 0 Å². The predicted octanol–water partition coefficient (Wildman–Crippen LogP) is 4.24. The molecule has 0 fully saturated rings. The van der Waals surface area contributed by atoms with Crippen molar-refractivity contribution in [1.82, 2.24) is 0 Å². The van der Waals surface area contributed by atoms with Gasteiger partial charge in [-0.15, -0.1) is 11.3 Å².